The summed E-state index contributed by atoms with van der Waals surface area (Å²) in [4.78, 5) is 39.6. The molecule has 0 saturated carbocycles. The van der Waals surface area contributed by atoms with Crippen LogP contribution in [0, 0.1) is 0 Å². The van der Waals surface area contributed by atoms with E-state index in [2.05, 4.69) is 19.2 Å². The summed E-state index contributed by atoms with van der Waals surface area (Å²) in [5.41, 5.74) is 3.24. The highest BCUT2D eigenvalue weighted by molar-refractivity contribution is 6.02. The monoisotopic (exact) mass is 488 g/mol. The first-order valence-corrected chi connectivity index (χ1v) is 12.3. The van der Waals surface area contributed by atoms with Crippen molar-refractivity contribution in [1.82, 2.24) is 9.88 Å². The minimum Gasteiger partial charge on any atom is -0.493 e. The van der Waals surface area contributed by atoms with Crippen molar-refractivity contribution in [2.45, 2.75) is 52.5 Å². The van der Waals surface area contributed by atoms with Crippen LogP contribution in [0.4, 0.5) is 0 Å². The van der Waals surface area contributed by atoms with Gasteiger partial charge in [0.1, 0.15) is 5.56 Å². The van der Waals surface area contributed by atoms with Gasteiger partial charge >= 0.3 is 0 Å². The van der Waals surface area contributed by atoms with E-state index >= 15 is 0 Å². The maximum Gasteiger partial charge on any atom is 0.268 e. The molecule has 1 aliphatic carbocycles. The molecule has 0 aliphatic heterocycles. The number of pyridine rings is 1. The lowest BCUT2D eigenvalue weighted by Crippen LogP contribution is -2.36. The van der Waals surface area contributed by atoms with Gasteiger partial charge in [0.15, 0.2) is 17.3 Å². The van der Waals surface area contributed by atoms with Crippen LogP contribution >= 0.6 is 0 Å². The number of hydrogen-bond acceptors (Lipinski definition) is 5. The second kappa shape index (κ2) is 10.8. The number of rotatable bonds is 8. The Morgan fingerprint density at radius 2 is 1.78 bits per heavy atom. The lowest BCUT2D eigenvalue weighted by molar-refractivity contribution is 0.0949. The minimum absolute atomic E-state index is 0.0459. The molecule has 3 aromatic rings. The quantitative estimate of drug-likeness (QED) is 0.491. The van der Waals surface area contributed by atoms with Crippen LogP contribution in [0.3, 0.4) is 0 Å². The van der Waals surface area contributed by atoms with Gasteiger partial charge in [-0.25, -0.2) is 0 Å². The maximum atomic E-state index is 13.6. The van der Waals surface area contributed by atoms with E-state index in [-0.39, 0.29) is 17.9 Å². The summed E-state index contributed by atoms with van der Waals surface area (Å²) in [5, 5.41) is 2.83. The molecule has 0 fully saturated rings. The SMILES string of the molecule is CCOc1cc(CNC(=O)c2cc3c(n(-c4ccc(C(C)C)cc4)c2=O)CCCC3=O)ccc1OC. The van der Waals surface area contributed by atoms with Crippen molar-refractivity contribution >= 4 is 11.7 Å². The zero-order chi connectivity index (χ0) is 25.8. The number of methoxy groups -OCH3 is 1. The first kappa shape index (κ1) is 25.2. The van der Waals surface area contributed by atoms with Crippen molar-refractivity contribution in [3.05, 3.63) is 86.8 Å². The second-order valence-electron chi connectivity index (χ2n) is 9.18. The Morgan fingerprint density at radius 1 is 1.03 bits per heavy atom. The van der Waals surface area contributed by atoms with Crippen molar-refractivity contribution in [3.8, 4) is 17.2 Å². The molecule has 0 spiro atoms. The molecule has 0 bridgehead atoms. The summed E-state index contributed by atoms with van der Waals surface area (Å²) in [6, 6.07) is 14.6. The van der Waals surface area contributed by atoms with Crippen molar-refractivity contribution in [3.63, 3.8) is 0 Å². The predicted molar refractivity (Wildman–Crippen MR) is 139 cm³/mol. The number of nitrogens with one attached hydrogen (secondary N) is 1. The number of hydrogen-bond donors (Lipinski definition) is 1. The van der Waals surface area contributed by atoms with Crippen LogP contribution in [0.25, 0.3) is 5.69 Å². The Kier molecular flexibility index (Phi) is 7.58. The fourth-order valence-electron chi connectivity index (χ4n) is 4.51. The summed E-state index contributed by atoms with van der Waals surface area (Å²) in [5.74, 6) is 0.964. The van der Waals surface area contributed by atoms with E-state index in [0.717, 1.165) is 11.1 Å². The fraction of sp³-hybridized carbons (Fsp3) is 0.345. The van der Waals surface area contributed by atoms with Crippen molar-refractivity contribution in [2.75, 3.05) is 13.7 Å². The molecule has 1 aliphatic rings. The average Bonchev–Trinajstić information content (AvgIpc) is 2.87. The van der Waals surface area contributed by atoms with E-state index in [1.54, 1.807) is 19.2 Å². The van der Waals surface area contributed by atoms with Gasteiger partial charge in [-0.3, -0.25) is 19.0 Å². The minimum atomic E-state index is -0.525. The summed E-state index contributed by atoms with van der Waals surface area (Å²) >= 11 is 0. The number of ether oxygens (including phenoxy) is 2. The highest BCUT2D eigenvalue weighted by atomic mass is 16.5. The van der Waals surface area contributed by atoms with Gasteiger partial charge in [-0.15, -0.1) is 0 Å². The van der Waals surface area contributed by atoms with Gasteiger partial charge < -0.3 is 14.8 Å². The Balaban J connectivity index is 1.69. The van der Waals surface area contributed by atoms with Crippen LogP contribution in [-0.4, -0.2) is 30.0 Å². The first-order valence-electron chi connectivity index (χ1n) is 12.3. The Bertz CT molecular complexity index is 1340. The molecule has 0 saturated heterocycles. The predicted octanol–water partition coefficient (Wildman–Crippen LogP) is 4.82. The highest BCUT2D eigenvalue weighted by Crippen LogP contribution is 2.28. The van der Waals surface area contributed by atoms with E-state index in [9.17, 15) is 14.4 Å². The Labute approximate surface area is 211 Å². The topological polar surface area (TPSA) is 86.6 Å². The van der Waals surface area contributed by atoms with Gasteiger partial charge in [0, 0.05) is 29.9 Å². The number of Topliss-reactive ketones (excluding diaryl/α,β-unsaturated/α-hetero) is 1. The number of nitrogens with zero attached hydrogens (tertiary/aromatic N) is 1. The number of carbonyl (C=O) groups excluding carboxylic acids is 2. The normalized spacial score (nSPS) is 12.9. The molecule has 4 rings (SSSR count). The molecule has 2 aromatic carbocycles. The number of aromatic nitrogens is 1. The summed E-state index contributed by atoms with van der Waals surface area (Å²) in [6.45, 7) is 6.76. The molecule has 7 heteroatoms. The van der Waals surface area contributed by atoms with Gasteiger partial charge in [0.05, 0.1) is 13.7 Å². The van der Waals surface area contributed by atoms with Crippen LogP contribution in [0.5, 0.6) is 11.5 Å². The molecule has 188 valence electrons. The van der Waals surface area contributed by atoms with Crippen LogP contribution in [-0.2, 0) is 13.0 Å². The third kappa shape index (κ3) is 5.05. The van der Waals surface area contributed by atoms with Crippen LogP contribution in [0.15, 0.2) is 53.3 Å². The lowest BCUT2D eigenvalue weighted by Gasteiger charge is -2.22. The van der Waals surface area contributed by atoms with Gasteiger partial charge in [-0.1, -0.05) is 32.0 Å². The smallest absolute Gasteiger partial charge is 0.268 e. The van der Waals surface area contributed by atoms with Crippen molar-refractivity contribution in [2.24, 2.45) is 0 Å². The van der Waals surface area contributed by atoms with Crippen molar-refractivity contribution < 1.29 is 19.1 Å². The van der Waals surface area contributed by atoms with E-state index in [4.69, 9.17) is 9.47 Å². The second-order valence-corrected chi connectivity index (χ2v) is 9.18. The molecule has 36 heavy (non-hydrogen) atoms. The van der Waals surface area contributed by atoms with E-state index < -0.39 is 11.5 Å². The molecule has 1 amide bonds. The Morgan fingerprint density at radius 3 is 2.44 bits per heavy atom. The highest BCUT2D eigenvalue weighted by Gasteiger charge is 2.26. The van der Waals surface area contributed by atoms with E-state index in [1.807, 2.05) is 37.3 Å². The van der Waals surface area contributed by atoms with Gasteiger partial charge in [0.2, 0.25) is 0 Å². The molecule has 7 nitrogen and oxygen atoms in total. The van der Waals surface area contributed by atoms with E-state index in [0.29, 0.717) is 60.2 Å². The van der Waals surface area contributed by atoms with E-state index in [1.165, 1.54) is 10.6 Å². The van der Waals surface area contributed by atoms with Crippen LogP contribution in [0.2, 0.25) is 0 Å². The van der Waals surface area contributed by atoms with Crippen molar-refractivity contribution in [1.29, 1.82) is 0 Å². The summed E-state index contributed by atoms with van der Waals surface area (Å²) in [7, 11) is 1.57. The van der Waals surface area contributed by atoms with Gasteiger partial charge in [0.25, 0.3) is 11.5 Å². The summed E-state index contributed by atoms with van der Waals surface area (Å²) < 4.78 is 12.5. The molecule has 1 N–H and O–H groups in total. The zero-order valence-electron chi connectivity index (χ0n) is 21.2. The van der Waals surface area contributed by atoms with Crippen LogP contribution < -0.4 is 20.3 Å². The number of amides is 1. The standard InChI is InChI=1S/C29H32N2O5/c1-5-36-27-15-19(9-14-26(27)35-4)17-30-28(33)23-16-22-24(7-6-8-25(22)32)31(29(23)34)21-12-10-20(11-13-21)18(2)3/h9-16,18H,5-8,17H2,1-4H3,(H,30,33). The number of ketones is 1. The molecule has 1 heterocycles. The average molecular weight is 489 g/mol. The number of fused-ring (bicyclic) bond motifs is 1. The maximum absolute atomic E-state index is 13.6. The molecule has 0 atom stereocenters. The Hall–Kier alpha value is -3.87. The third-order valence-electron chi connectivity index (χ3n) is 6.46. The summed E-state index contributed by atoms with van der Waals surface area (Å²) in [6.07, 6.45) is 1.70. The first-order chi connectivity index (χ1) is 17.3. The molecule has 0 radical (unpaired) electrons. The zero-order valence-corrected chi connectivity index (χ0v) is 21.2. The van der Waals surface area contributed by atoms with Crippen LogP contribution in [0.1, 0.15) is 77.1 Å². The third-order valence-corrected chi connectivity index (χ3v) is 6.46. The van der Waals surface area contributed by atoms with Gasteiger partial charge in [-0.05, 0) is 67.1 Å². The number of benzene rings is 2. The molecule has 0 unspecified atom stereocenters. The lowest BCUT2D eigenvalue weighted by atomic mass is 9.92. The number of carbonyl (C=O) groups is 2. The molecular weight excluding hydrogens is 456 g/mol. The molecular formula is C29H32N2O5. The fourth-order valence-corrected chi connectivity index (χ4v) is 4.51. The molecule has 1 aromatic heterocycles. The van der Waals surface area contributed by atoms with Gasteiger partial charge in [-0.2, -0.15) is 0 Å². The largest absolute Gasteiger partial charge is 0.493 e.